The van der Waals surface area contributed by atoms with Gasteiger partial charge < -0.3 is 14.5 Å². The van der Waals surface area contributed by atoms with Crippen molar-refractivity contribution in [3.8, 4) is 11.5 Å². The number of hydrogen-bond donors (Lipinski definition) is 1. The third kappa shape index (κ3) is 2.58. The molecule has 1 amide bonds. The number of aliphatic hydroxyl groups excluding tert-OH is 1. The molecule has 2 aliphatic rings. The molecule has 0 bridgehead atoms. The largest absolute Gasteiger partial charge is 0.394 e. The van der Waals surface area contributed by atoms with Crippen LogP contribution in [0.2, 0.25) is 0 Å². The van der Waals surface area contributed by atoms with Gasteiger partial charge in [-0.15, -0.1) is 0 Å². The molecule has 7 nitrogen and oxygen atoms in total. The minimum atomic E-state index is -0.172. The fraction of sp³-hybridized carbons (Fsp3) is 0.529. The molecule has 1 aliphatic heterocycles. The van der Waals surface area contributed by atoms with Crippen LogP contribution in [0.5, 0.6) is 0 Å². The summed E-state index contributed by atoms with van der Waals surface area (Å²) in [6.07, 6.45) is 2.02. The lowest BCUT2D eigenvalue weighted by Gasteiger charge is -2.34. The average Bonchev–Trinajstić information content (AvgIpc) is 3.22. The van der Waals surface area contributed by atoms with Crippen LogP contribution in [0.25, 0.3) is 11.5 Å². The molecule has 0 radical (unpaired) electrons. The molecule has 2 unspecified atom stereocenters. The normalized spacial score (nSPS) is 25.5. The Hall–Kier alpha value is -2.28. The highest BCUT2D eigenvalue weighted by atomic mass is 16.5. The van der Waals surface area contributed by atoms with Crippen LogP contribution in [-0.2, 0) is 0 Å². The number of carbonyl (C=O) groups is 1. The van der Waals surface area contributed by atoms with E-state index in [2.05, 4.69) is 15.1 Å². The Morgan fingerprint density at radius 1 is 1.29 bits per heavy atom. The molecule has 1 N–H and O–H groups in total. The summed E-state index contributed by atoms with van der Waals surface area (Å²) < 4.78 is 5.23. The zero-order valence-corrected chi connectivity index (χ0v) is 13.8. The summed E-state index contributed by atoms with van der Waals surface area (Å²) in [4.78, 5) is 23.6. The SMILES string of the molecule is Cc1ccc(-c2nc(C)no2)c(C(=O)N2C[C@@H]3CC3CC2CO)n1. The standard InChI is InChI=1S/C17H20N4O3/c1-9-3-4-14(16-19-10(2)20-24-16)15(18-9)17(23)21-7-12-5-11(12)6-13(21)8-22/h3-4,11-13,22H,5-8H2,1-2H3/t11?,12-,13?/m0/s1. The lowest BCUT2D eigenvalue weighted by molar-refractivity contribution is 0.0481. The first-order chi connectivity index (χ1) is 11.6. The molecule has 4 rings (SSSR count). The number of nitrogens with zero attached hydrogens (tertiary/aromatic N) is 4. The third-order valence-electron chi connectivity index (χ3n) is 4.98. The van der Waals surface area contributed by atoms with Crippen molar-refractivity contribution in [2.75, 3.05) is 13.2 Å². The maximum atomic E-state index is 13.1. The number of aryl methyl sites for hydroxylation is 2. The molecule has 3 atom stereocenters. The number of amides is 1. The number of hydrogen-bond acceptors (Lipinski definition) is 6. The summed E-state index contributed by atoms with van der Waals surface area (Å²) in [5.74, 6) is 1.86. The predicted octanol–water partition coefficient (Wildman–Crippen LogP) is 1.59. The van der Waals surface area contributed by atoms with E-state index in [9.17, 15) is 9.90 Å². The van der Waals surface area contributed by atoms with Gasteiger partial charge >= 0.3 is 0 Å². The maximum Gasteiger partial charge on any atom is 0.273 e. The Bertz CT molecular complexity index is 788. The molecule has 0 aromatic carbocycles. The van der Waals surface area contributed by atoms with Gasteiger partial charge in [0, 0.05) is 12.2 Å². The minimum absolute atomic E-state index is 0.0181. The van der Waals surface area contributed by atoms with Crippen LogP contribution in [0.4, 0.5) is 0 Å². The van der Waals surface area contributed by atoms with E-state index in [1.807, 2.05) is 13.0 Å². The van der Waals surface area contributed by atoms with Gasteiger partial charge in [0.05, 0.1) is 18.2 Å². The van der Waals surface area contributed by atoms with Crippen molar-refractivity contribution in [3.63, 3.8) is 0 Å². The first-order valence-corrected chi connectivity index (χ1v) is 8.27. The van der Waals surface area contributed by atoms with E-state index in [1.165, 1.54) is 0 Å². The number of pyridine rings is 1. The van der Waals surface area contributed by atoms with Gasteiger partial charge in [-0.2, -0.15) is 4.98 Å². The molecule has 24 heavy (non-hydrogen) atoms. The van der Waals surface area contributed by atoms with E-state index in [-0.39, 0.29) is 18.6 Å². The molecule has 1 saturated carbocycles. The van der Waals surface area contributed by atoms with E-state index >= 15 is 0 Å². The lowest BCUT2D eigenvalue weighted by Crippen LogP contribution is -2.47. The second kappa shape index (κ2) is 5.66. The smallest absolute Gasteiger partial charge is 0.273 e. The highest BCUT2D eigenvalue weighted by molar-refractivity contribution is 5.98. The number of rotatable bonds is 3. The molecular formula is C17H20N4O3. The van der Waals surface area contributed by atoms with E-state index < -0.39 is 0 Å². The second-order valence-electron chi connectivity index (χ2n) is 6.78. The van der Waals surface area contributed by atoms with E-state index in [0.717, 1.165) is 18.5 Å². The molecule has 126 valence electrons. The quantitative estimate of drug-likeness (QED) is 0.920. The molecule has 1 saturated heterocycles. The van der Waals surface area contributed by atoms with Crippen molar-refractivity contribution in [2.45, 2.75) is 32.7 Å². The molecule has 2 aromatic rings. The van der Waals surface area contributed by atoms with Gasteiger partial charge in [-0.1, -0.05) is 5.16 Å². The maximum absolute atomic E-state index is 13.1. The first kappa shape index (κ1) is 15.3. The summed E-state index contributed by atoms with van der Waals surface area (Å²) >= 11 is 0. The first-order valence-electron chi connectivity index (χ1n) is 8.27. The summed E-state index contributed by atoms with van der Waals surface area (Å²) in [7, 11) is 0. The Morgan fingerprint density at radius 3 is 2.83 bits per heavy atom. The highest BCUT2D eigenvalue weighted by Gasteiger charge is 2.47. The van der Waals surface area contributed by atoms with Crippen LogP contribution in [0.3, 0.4) is 0 Å². The molecule has 1 aliphatic carbocycles. The van der Waals surface area contributed by atoms with Crippen molar-refractivity contribution in [1.29, 1.82) is 0 Å². The zero-order valence-electron chi connectivity index (χ0n) is 13.8. The Morgan fingerprint density at radius 2 is 2.12 bits per heavy atom. The van der Waals surface area contributed by atoms with Crippen molar-refractivity contribution < 1.29 is 14.4 Å². The minimum Gasteiger partial charge on any atom is -0.394 e. The predicted molar refractivity (Wildman–Crippen MR) is 85.1 cm³/mol. The van der Waals surface area contributed by atoms with Gasteiger partial charge in [-0.25, -0.2) is 4.98 Å². The monoisotopic (exact) mass is 328 g/mol. The molecule has 3 heterocycles. The van der Waals surface area contributed by atoms with Crippen LogP contribution < -0.4 is 0 Å². The average molecular weight is 328 g/mol. The molecule has 7 heteroatoms. The fourth-order valence-corrected chi connectivity index (χ4v) is 3.56. The van der Waals surface area contributed by atoms with Crippen LogP contribution in [0.15, 0.2) is 16.7 Å². The Labute approximate surface area is 139 Å². The third-order valence-corrected chi connectivity index (χ3v) is 4.98. The number of carbonyl (C=O) groups excluding carboxylic acids is 1. The summed E-state index contributed by atoms with van der Waals surface area (Å²) in [6.45, 7) is 4.24. The number of aromatic nitrogens is 3. The number of aliphatic hydroxyl groups is 1. The highest BCUT2D eigenvalue weighted by Crippen LogP contribution is 2.47. The van der Waals surface area contributed by atoms with Gasteiger partial charge in [-0.3, -0.25) is 4.79 Å². The Kier molecular flexibility index (Phi) is 3.60. The van der Waals surface area contributed by atoms with Crippen LogP contribution in [-0.4, -0.2) is 50.2 Å². The van der Waals surface area contributed by atoms with Gasteiger partial charge in [0.2, 0.25) is 0 Å². The molecular weight excluding hydrogens is 308 g/mol. The number of fused-ring (bicyclic) bond motifs is 1. The van der Waals surface area contributed by atoms with Crippen molar-refractivity contribution in [1.82, 2.24) is 20.0 Å². The second-order valence-corrected chi connectivity index (χ2v) is 6.78. The van der Waals surface area contributed by atoms with Gasteiger partial charge in [-0.05, 0) is 50.7 Å². The van der Waals surface area contributed by atoms with E-state index in [4.69, 9.17) is 4.52 Å². The van der Waals surface area contributed by atoms with Crippen molar-refractivity contribution in [2.24, 2.45) is 11.8 Å². The lowest BCUT2D eigenvalue weighted by atomic mass is 10.0. The number of likely N-dealkylation sites (tertiary alicyclic amines) is 1. The topological polar surface area (TPSA) is 92.4 Å². The molecule has 2 fully saturated rings. The van der Waals surface area contributed by atoms with E-state index in [0.29, 0.717) is 41.4 Å². The molecule has 2 aromatic heterocycles. The van der Waals surface area contributed by atoms with Gasteiger partial charge in [0.1, 0.15) is 5.69 Å². The van der Waals surface area contributed by atoms with E-state index in [1.54, 1.807) is 17.9 Å². The van der Waals surface area contributed by atoms with Crippen LogP contribution in [0, 0.1) is 25.7 Å². The summed E-state index contributed by atoms with van der Waals surface area (Å²) in [5, 5.41) is 13.5. The van der Waals surface area contributed by atoms with Crippen molar-refractivity contribution in [3.05, 3.63) is 29.3 Å². The fourth-order valence-electron chi connectivity index (χ4n) is 3.56. The van der Waals surface area contributed by atoms with Gasteiger partial charge in [0.15, 0.2) is 5.82 Å². The summed E-state index contributed by atoms with van der Waals surface area (Å²) in [6, 6.07) is 3.48. The Balaban J connectivity index is 1.72. The zero-order chi connectivity index (χ0) is 16.8. The van der Waals surface area contributed by atoms with Crippen molar-refractivity contribution >= 4 is 5.91 Å². The molecule has 0 spiro atoms. The van der Waals surface area contributed by atoms with Gasteiger partial charge in [0.25, 0.3) is 11.8 Å². The van der Waals surface area contributed by atoms with Crippen LogP contribution >= 0.6 is 0 Å². The summed E-state index contributed by atoms with van der Waals surface area (Å²) in [5.41, 5.74) is 1.61. The number of piperidine rings is 1. The van der Waals surface area contributed by atoms with Crippen LogP contribution in [0.1, 0.15) is 34.8 Å².